The zero-order chi connectivity index (χ0) is 18.0. The maximum atomic E-state index is 12.2. The standard InChI is InChI=1S/C18H17Cl2N3O2/c1-11-2-5-14(6-3-11)23-10-13(9-17(23)24)21-18(25)22-16-7-4-12(19)8-15(16)20/h2-8,13H,9-10H2,1H3,(H2,21,22,25). The summed E-state index contributed by atoms with van der Waals surface area (Å²) in [5.41, 5.74) is 2.42. The van der Waals surface area contributed by atoms with Crippen LogP contribution in [0, 0.1) is 6.92 Å². The molecule has 1 unspecified atom stereocenters. The van der Waals surface area contributed by atoms with Crippen molar-refractivity contribution in [2.45, 2.75) is 19.4 Å². The fraction of sp³-hybridized carbons (Fsp3) is 0.222. The Bertz CT molecular complexity index is 808. The van der Waals surface area contributed by atoms with Crippen molar-refractivity contribution in [3.8, 4) is 0 Å². The quantitative estimate of drug-likeness (QED) is 0.840. The van der Waals surface area contributed by atoms with E-state index in [2.05, 4.69) is 10.6 Å². The smallest absolute Gasteiger partial charge is 0.319 e. The van der Waals surface area contributed by atoms with Crippen LogP contribution in [0.15, 0.2) is 42.5 Å². The van der Waals surface area contributed by atoms with E-state index in [9.17, 15) is 9.59 Å². The summed E-state index contributed by atoms with van der Waals surface area (Å²) in [5.74, 6) is -0.0151. The normalized spacial score (nSPS) is 16.8. The molecule has 5 nitrogen and oxygen atoms in total. The van der Waals surface area contributed by atoms with Crippen molar-refractivity contribution >= 4 is 46.5 Å². The van der Waals surface area contributed by atoms with Gasteiger partial charge in [0, 0.05) is 23.7 Å². The highest BCUT2D eigenvalue weighted by molar-refractivity contribution is 6.36. The average molecular weight is 378 g/mol. The number of nitrogens with one attached hydrogen (secondary N) is 2. The molecule has 0 radical (unpaired) electrons. The van der Waals surface area contributed by atoms with Crippen LogP contribution in [0.25, 0.3) is 0 Å². The summed E-state index contributed by atoms with van der Waals surface area (Å²) in [5, 5.41) is 6.32. The molecule has 0 bridgehead atoms. The number of nitrogens with zero attached hydrogens (tertiary/aromatic N) is 1. The molecule has 1 saturated heterocycles. The Labute approximate surface area is 155 Å². The molecule has 2 aromatic carbocycles. The topological polar surface area (TPSA) is 61.4 Å². The molecular weight excluding hydrogens is 361 g/mol. The molecule has 1 fully saturated rings. The molecule has 1 heterocycles. The number of urea groups is 1. The van der Waals surface area contributed by atoms with Gasteiger partial charge in [0.25, 0.3) is 0 Å². The molecule has 0 saturated carbocycles. The first-order valence-corrected chi connectivity index (χ1v) is 8.57. The fourth-order valence-electron chi connectivity index (χ4n) is 2.71. The van der Waals surface area contributed by atoms with Gasteiger partial charge in [0.2, 0.25) is 5.91 Å². The van der Waals surface area contributed by atoms with Crippen LogP contribution in [0.3, 0.4) is 0 Å². The molecule has 7 heteroatoms. The van der Waals surface area contributed by atoms with Gasteiger partial charge in [-0.1, -0.05) is 40.9 Å². The lowest BCUT2D eigenvalue weighted by molar-refractivity contribution is -0.117. The van der Waals surface area contributed by atoms with Gasteiger partial charge in [0.05, 0.1) is 16.8 Å². The van der Waals surface area contributed by atoms with Gasteiger partial charge in [-0.05, 0) is 37.3 Å². The first-order chi connectivity index (χ1) is 11.9. The van der Waals surface area contributed by atoms with Gasteiger partial charge < -0.3 is 15.5 Å². The average Bonchev–Trinajstić information content (AvgIpc) is 2.91. The van der Waals surface area contributed by atoms with Crippen LogP contribution < -0.4 is 15.5 Å². The summed E-state index contributed by atoms with van der Waals surface area (Å²) in [6.07, 6.45) is 0.260. The Morgan fingerprint density at radius 3 is 2.56 bits per heavy atom. The second-order valence-electron chi connectivity index (χ2n) is 5.96. The molecule has 2 aromatic rings. The second kappa shape index (κ2) is 7.33. The molecule has 0 aliphatic carbocycles. The van der Waals surface area contributed by atoms with Crippen molar-refractivity contribution in [3.63, 3.8) is 0 Å². The highest BCUT2D eigenvalue weighted by Gasteiger charge is 2.31. The van der Waals surface area contributed by atoms with E-state index in [0.717, 1.165) is 11.3 Å². The summed E-state index contributed by atoms with van der Waals surface area (Å²) in [7, 11) is 0. The van der Waals surface area contributed by atoms with Gasteiger partial charge in [-0.3, -0.25) is 4.79 Å². The highest BCUT2D eigenvalue weighted by Crippen LogP contribution is 2.26. The summed E-state index contributed by atoms with van der Waals surface area (Å²) in [4.78, 5) is 26.1. The van der Waals surface area contributed by atoms with Crippen LogP contribution >= 0.6 is 23.2 Å². The summed E-state index contributed by atoms with van der Waals surface area (Å²) >= 11 is 11.9. The minimum Gasteiger partial charge on any atom is -0.333 e. The van der Waals surface area contributed by atoms with Crippen LogP contribution in [-0.4, -0.2) is 24.5 Å². The van der Waals surface area contributed by atoms with Crippen molar-refractivity contribution in [2.75, 3.05) is 16.8 Å². The number of rotatable bonds is 3. The molecule has 2 N–H and O–H groups in total. The monoisotopic (exact) mass is 377 g/mol. The summed E-state index contributed by atoms with van der Waals surface area (Å²) in [6.45, 7) is 2.43. The SMILES string of the molecule is Cc1ccc(N2CC(NC(=O)Nc3ccc(Cl)cc3Cl)CC2=O)cc1. The van der Waals surface area contributed by atoms with E-state index < -0.39 is 6.03 Å². The predicted octanol–water partition coefficient (Wildman–Crippen LogP) is 4.23. The first kappa shape index (κ1) is 17.6. The van der Waals surface area contributed by atoms with E-state index in [4.69, 9.17) is 23.2 Å². The number of halogens is 2. The molecule has 0 spiro atoms. The van der Waals surface area contributed by atoms with Crippen molar-refractivity contribution in [1.82, 2.24) is 5.32 Å². The maximum Gasteiger partial charge on any atom is 0.319 e. The molecule has 1 aliphatic heterocycles. The predicted molar refractivity (Wildman–Crippen MR) is 101 cm³/mol. The van der Waals surface area contributed by atoms with Gasteiger partial charge in [-0.15, -0.1) is 0 Å². The zero-order valence-corrected chi connectivity index (χ0v) is 15.1. The molecular formula is C18H17Cl2N3O2. The molecule has 0 aromatic heterocycles. The maximum absolute atomic E-state index is 12.2. The Balaban J connectivity index is 1.61. The third-order valence-corrected chi connectivity index (χ3v) is 4.53. The van der Waals surface area contributed by atoms with E-state index in [1.54, 1.807) is 23.1 Å². The Kier molecular flexibility index (Phi) is 5.16. The second-order valence-corrected chi connectivity index (χ2v) is 6.81. The molecule has 3 amide bonds. The number of hydrogen-bond donors (Lipinski definition) is 2. The minimum absolute atomic E-state index is 0.0151. The van der Waals surface area contributed by atoms with Gasteiger partial charge in [0.1, 0.15) is 0 Å². The van der Waals surface area contributed by atoms with E-state index in [1.807, 2.05) is 31.2 Å². The largest absolute Gasteiger partial charge is 0.333 e. The Hall–Kier alpha value is -2.24. The van der Waals surface area contributed by atoms with Crippen LogP contribution in [-0.2, 0) is 4.79 Å². The van der Waals surface area contributed by atoms with Gasteiger partial charge in [-0.2, -0.15) is 0 Å². The number of benzene rings is 2. The first-order valence-electron chi connectivity index (χ1n) is 7.82. The van der Waals surface area contributed by atoms with Gasteiger partial charge in [-0.25, -0.2) is 4.79 Å². The van der Waals surface area contributed by atoms with E-state index in [1.165, 1.54) is 0 Å². The number of anilines is 2. The number of carbonyl (C=O) groups is 2. The summed E-state index contributed by atoms with van der Waals surface area (Å²) in [6, 6.07) is 11.9. The van der Waals surface area contributed by atoms with Crippen molar-refractivity contribution in [3.05, 3.63) is 58.1 Å². The van der Waals surface area contributed by atoms with Crippen molar-refractivity contribution in [2.24, 2.45) is 0 Å². The third kappa shape index (κ3) is 4.24. The van der Waals surface area contributed by atoms with Crippen LogP contribution in [0.1, 0.15) is 12.0 Å². The Morgan fingerprint density at radius 1 is 1.16 bits per heavy atom. The molecule has 25 heavy (non-hydrogen) atoms. The van der Waals surface area contributed by atoms with E-state index in [-0.39, 0.29) is 18.4 Å². The van der Waals surface area contributed by atoms with Crippen LogP contribution in [0.4, 0.5) is 16.2 Å². The summed E-state index contributed by atoms with van der Waals surface area (Å²) < 4.78 is 0. The van der Waals surface area contributed by atoms with Gasteiger partial charge in [0.15, 0.2) is 0 Å². The fourth-order valence-corrected chi connectivity index (χ4v) is 3.17. The Morgan fingerprint density at radius 2 is 1.88 bits per heavy atom. The highest BCUT2D eigenvalue weighted by atomic mass is 35.5. The zero-order valence-electron chi connectivity index (χ0n) is 13.6. The van der Waals surface area contributed by atoms with E-state index >= 15 is 0 Å². The molecule has 1 aliphatic rings. The van der Waals surface area contributed by atoms with Crippen LogP contribution in [0.2, 0.25) is 10.0 Å². The molecule has 3 rings (SSSR count). The van der Waals surface area contributed by atoms with Crippen molar-refractivity contribution < 1.29 is 9.59 Å². The number of amides is 3. The number of hydrogen-bond acceptors (Lipinski definition) is 2. The lowest BCUT2D eigenvalue weighted by Crippen LogP contribution is -2.39. The lowest BCUT2D eigenvalue weighted by Gasteiger charge is -2.18. The van der Waals surface area contributed by atoms with E-state index in [0.29, 0.717) is 22.3 Å². The van der Waals surface area contributed by atoms with Gasteiger partial charge >= 0.3 is 6.03 Å². The van der Waals surface area contributed by atoms with Crippen molar-refractivity contribution in [1.29, 1.82) is 0 Å². The number of aryl methyl sites for hydroxylation is 1. The lowest BCUT2D eigenvalue weighted by atomic mass is 10.2. The molecule has 130 valence electrons. The minimum atomic E-state index is -0.409. The van der Waals surface area contributed by atoms with Crippen LogP contribution in [0.5, 0.6) is 0 Å². The molecule has 1 atom stereocenters. The number of carbonyl (C=O) groups excluding carboxylic acids is 2. The third-order valence-electron chi connectivity index (χ3n) is 3.99.